The Balaban J connectivity index is 2.23. The summed E-state index contributed by atoms with van der Waals surface area (Å²) in [7, 11) is 2.84. The molecule has 0 fully saturated rings. The minimum absolute atomic E-state index is 0.0599. The SMILES string of the molecule is COC(=O)Cc1csc(-c2ccc(OC)c(O)c2)n1. The third-order valence-electron chi connectivity index (χ3n) is 2.53. The lowest BCUT2D eigenvalue weighted by molar-refractivity contribution is -0.139. The van der Waals surface area contributed by atoms with Gasteiger partial charge in [-0.25, -0.2) is 4.98 Å². The number of aromatic nitrogens is 1. The molecule has 2 aromatic rings. The number of thiazole rings is 1. The maximum atomic E-state index is 11.2. The van der Waals surface area contributed by atoms with Gasteiger partial charge in [-0.1, -0.05) is 0 Å². The fourth-order valence-corrected chi connectivity index (χ4v) is 2.38. The summed E-state index contributed by atoms with van der Waals surface area (Å²) in [5.41, 5.74) is 1.43. The van der Waals surface area contributed by atoms with Gasteiger partial charge >= 0.3 is 5.97 Å². The first-order valence-corrected chi connectivity index (χ1v) is 6.40. The number of carbonyl (C=O) groups excluding carboxylic acids is 1. The van der Waals surface area contributed by atoms with Gasteiger partial charge in [-0.3, -0.25) is 4.79 Å². The number of hydrogen-bond donors (Lipinski definition) is 1. The molecule has 1 N–H and O–H groups in total. The summed E-state index contributed by atoms with van der Waals surface area (Å²) < 4.78 is 9.57. The number of methoxy groups -OCH3 is 2. The Bertz CT molecular complexity index is 594. The number of esters is 1. The number of hydrogen-bond acceptors (Lipinski definition) is 6. The van der Waals surface area contributed by atoms with Gasteiger partial charge in [0.2, 0.25) is 0 Å². The fourth-order valence-electron chi connectivity index (χ4n) is 1.56. The predicted molar refractivity (Wildman–Crippen MR) is 71.5 cm³/mol. The highest BCUT2D eigenvalue weighted by molar-refractivity contribution is 7.13. The molecule has 19 heavy (non-hydrogen) atoms. The Morgan fingerprint density at radius 3 is 2.84 bits per heavy atom. The Kier molecular flexibility index (Phi) is 4.01. The van der Waals surface area contributed by atoms with Crippen LogP contribution in [-0.2, 0) is 16.0 Å². The molecule has 1 heterocycles. The Morgan fingerprint density at radius 2 is 2.21 bits per heavy atom. The van der Waals surface area contributed by atoms with Crippen LogP contribution in [0.1, 0.15) is 5.69 Å². The molecule has 0 spiro atoms. The normalized spacial score (nSPS) is 10.2. The molecule has 0 saturated carbocycles. The van der Waals surface area contributed by atoms with E-state index in [4.69, 9.17) is 4.74 Å². The van der Waals surface area contributed by atoms with Gasteiger partial charge in [0.05, 0.1) is 26.3 Å². The smallest absolute Gasteiger partial charge is 0.311 e. The van der Waals surface area contributed by atoms with Crippen LogP contribution in [0.15, 0.2) is 23.6 Å². The van der Waals surface area contributed by atoms with Crippen LogP contribution in [0.25, 0.3) is 10.6 Å². The molecule has 0 bridgehead atoms. The molecule has 1 aromatic carbocycles. The molecule has 1 aromatic heterocycles. The van der Waals surface area contributed by atoms with Gasteiger partial charge in [0.1, 0.15) is 5.01 Å². The summed E-state index contributed by atoms with van der Waals surface area (Å²) in [5, 5.41) is 12.3. The van der Waals surface area contributed by atoms with Crippen molar-refractivity contribution < 1.29 is 19.4 Å². The van der Waals surface area contributed by atoms with Gasteiger partial charge < -0.3 is 14.6 Å². The summed E-state index contributed by atoms with van der Waals surface area (Å²) in [6.45, 7) is 0. The second-order valence-corrected chi connectivity index (χ2v) is 4.64. The average molecular weight is 279 g/mol. The molecule has 2 rings (SSSR count). The van der Waals surface area contributed by atoms with Crippen molar-refractivity contribution in [2.24, 2.45) is 0 Å². The lowest BCUT2D eigenvalue weighted by Crippen LogP contribution is -2.04. The van der Waals surface area contributed by atoms with E-state index in [1.165, 1.54) is 25.6 Å². The number of carbonyl (C=O) groups is 1. The molecule has 0 aliphatic heterocycles. The van der Waals surface area contributed by atoms with Gasteiger partial charge in [-0.05, 0) is 18.2 Å². The summed E-state index contributed by atoms with van der Waals surface area (Å²) >= 11 is 1.41. The highest BCUT2D eigenvalue weighted by Gasteiger charge is 2.10. The van der Waals surface area contributed by atoms with Crippen molar-refractivity contribution in [3.63, 3.8) is 0 Å². The van der Waals surface area contributed by atoms with Gasteiger partial charge in [0.15, 0.2) is 11.5 Å². The summed E-state index contributed by atoms with van der Waals surface area (Å²) in [4.78, 5) is 15.5. The topological polar surface area (TPSA) is 68.7 Å². The minimum atomic E-state index is -0.325. The minimum Gasteiger partial charge on any atom is -0.504 e. The number of phenols is 1. The molecular formula is C13H13NO4S. The molecule has 0 amide bonds. The molecule has 0 saturated heterocycles. The monoisotopic (exact) mass is 279 g/mol. The number of rotatable bonds is 4. The summed E-state index contributed by atoms with van der Waals surface area (Å²) in [5.74, 6) is 0.147. The van der Waals surface area contributed by atoms with Crippen molar-refractivity contribution in [3.8, 4) is 22.1 Å². The molecule has 0 unspecified atom stereocenters. The Labute approximate surface area is 114 Å². The maximum Gasteiger partial charge on any atom is 0.311 e. The third kappa shape index (κ3) is 3.03. The first-order chi connectivity index (χ1) is 9.13. The lowest BCUT2D eigenvalue weighted by Gasteiger charge is -2.04. The fraction of sp³-hybridized carbons (Fsp3) is 0.231. The van der Waals surface area contributed by atoms with Crippen molar-refractivity contribution in [2.75, 3.05) is 14.2 Å². The van der Waals surface area contributed by atoms with Crippen LogP contribution in [0.5, 0.6) is 11.5 Å². The van der Waals surface area contributed by atoms with Crippen molar-refractivity contribution in [1.82, 2.24) is 4.98 Å². The highest BCUT2D eigenvalue weighted by atomic mass is 32.1. The van der Waals surface area contributed by atoms with E-state index in [9.17, 15) is 9.90 Å². The quantitative estimate of drug-likeness (QED) is 0.869. The van der Waals surface area contributed by atoms with Crippen molar-refractivity contribution >= 4 is 17.3 Å². The molecule has 0 radical (unpaired) electrons. The first-order valence-electron chi connectivity index (χ1n) is 5.52. The zero-order chi connectivity index (χ0) is 13.8. The van der Waals surface area contributed by atoms with E-state index < -0.39 is 0 Å². The first kappa shape index (κ1) is 13.4. The van der Waals surface area contributed by atoms with Crippen LogP contribution in [0.4, 0.5) is 0 Å². The van der Waals surface area contributed by atoms with Gasteiger partial charge in [0, 0.05) is 10.9 Å². The van der Waals surface area contributed by atoms with Crippen LogP contribution in [0.2, 0.25) is 0 Å². The molecule has 0 atom stereocenters. The molecule has 0 aliphatic rings. The molecular weight excluding hydrogens is 266 g/mol. The van der Waals surface area contributed by atoms with E-state index in [0.717, 1.165) is 10.6 Å². The number of aromatic hydroxyl groups is 1. The third-order valence-corrected chi connectivity index (χ3v) is 3.47. The van der Waals surface area contributed by atoms with Crippen LogP contribution in [0, 0.1) is 0 Å². The highest BCUT2D eigenvalue weighted by Crippen LogP contribution is 2.32. The predicted octanol–water partition coefficient (Wildman–Crippen LogP) is 2.24. The molecule has 0 aliphatic carbocycles. The van der Waals surface area contributed by atoms with E-state index in [0.29, 0.717) is 11.4 Å². The standard InChI is InChI=1S/C13H13NO4S/c1-17-11-4-3-8(5-10(11)15)13-14-9(7-19-13)6-12(16)18-2/h3-5,7,15H,6H2,1-2H3. The number of nitrogens with zero attached hydrogens (tertiary/aromatic N) is 1. The van der Waals surface area contributed by atoms with Gasteiger partial charge in [-0.2, -0.15) is 0 Å². The molecule has 100 valence electrons. The van der Waals surface area contributed by atoms with E-state index in [1.54, 1.807) is 23.6 Å². The van der Waals surface area contributed by atoms with Crippen molar-refractivity contribution in [2.45, 2.75) is 6.42 Å². The summed E-state index contributed by atoms with van der Waals surface area (Å²) in [6, 6.07) is 5.06. The maximum absolute atomic E-state index is 11.2. The average Bonchev–Trinajstić information content (AvgIpc) is 2.87. The van der Waals surface area contributed by atoms with E-state index in [1.807, 2.05) is 0 Å². The van der Waals surface area contributed by atoms with Crippen LogP contribution in [-0.4, -0.2) is 30.3 Å². The molecule has 6 heteroatoms. The zero-order valence-electron chi connectivity index (χ0n) is 10.5. The number of phenolic OH excluding ortho intramolecular Hbond substituents is 1. The van der Waals surface area contributed by atoms with Crippen molar-refractivity contribution in [1.29, 1.82) is 0 Å². The second kappa shape index (κ2) is 5.71. The largest absolute Gasteiger partial charge is 0.504 e. The second-order valence-electron chi connectivity index (χ2n) is 3.78. The van der Waals surface area contributed by atoms with E-state index in [2.05, 4.69) is 9.72 Å². The van der Waals surface area contributed by atoms with Gasteiger partial charge in [-0.15, -0.1) is 11.3 Å². The van der Waals surface area contributed by atoms with E-state index >= 15 is 0 Å². The van der Waals surface area contributed by atoms with Crippen molar-refractivity contribution in [3.05, 3.63) is 29.3 Å². The number of benzene rings is 1. The van der Waals surface area contributed by atoms with Crippen LogP contribution < -0.4 is 4.74 Å². The van der Waals surface area contributed by atoms with Gasteiger partial charge in [0.25, 0.3) is 0 Å². The van der Waals surface area contributed by atoms with Crippen LogP contribution >= 0.6 is 11.3 Å². The lowest BCUT2D eigenvalue weighted by atomic mass is 10.2. The zero-order valence-corrected chi connectivity index (χ0v) is 11.4. The number of ether oxygens (including phenoxy) is 2. The Hall–Kier alpha value is -2.08. The summed E-state index contributed by atoms with van der Waals surface area (Å²) in [6.07, 6.45) is 0.148. The Morgan fingerprint density at radius 1 is 1.42 bits per heavy atom. The van der Waals surface area contributed by atoms with E-state index in [-0.39, 0.29) is 18.1 Å². The molecule has 5 nitrogen and oxygen atoms in total. The van der Waals surface area contributed by atoms with Crippen LogP contribution in [0.3, 0.4) is 0 Å².